The van der Waals surface area contributed by atoms with E-state index < -0.39 is 5.91 Å². The first-order valence-electron chi connectivity index (χ1n) is 7.78. The summed E-state index contributed by atoms with van der Waals surface area (Å²) in [6.45, 7) is 3.68. The highest BCUT2D eigenvalue weighted by Gasteiger charge is 2.25. The van der Waals surface area contributed by atoms with Crippen molar-refractivity contribution in [2.75, 3.05) is 5.73 Å². The number of nitrogens with one attached hydrogen (secondary N) is 1. The minimum absolute atomic E-state index is 0.00887. The summed E-state index contributed by atoms with van der Waals surface area (Å²) in [7, 11) is 0. The fourth-order valence-electron chi connectivity index (χ4n) is 2.32. The molecule has 0 saturated heterocycles. The molecular weight excluding hydrogens is 356 g/mol. The van der Waals surface area contributed by atoms with E-state index in [4.69, 9.17) is 5.73 Å². The number of nitrogens with two attached hydrogens (primary N) is 1. The molecule has 2 heterocycles. The van der Waals surface area contributed by atoms with Gasteiger partial charge in [0, 0.05) is 11.6 Å². The number of aromatic nitrogens is 5. The third kappa shape index (κ3) is 3.53. The highest BCUT2D eigenvalue weighted by Crippen LogP contribution is 2.23. The summed E-state index contributed by atoms with van der Waals surface area (Å²) >= 11 is 0. The number of carbonyl (C=O) groups excluding carboxylic acids is 1. The van der Waals surface area contributed by atoms with E-state index in [-0.39, 0.29) is 34.7 Å². The van der Waals surface area contributed by atoms with Gasteiger partial charge in [0.2, 0.25) is 11.6 Å². The molecule has 0 aliphatic heterocycles. The molecule has 5 N–H and O–H groups in total. The van der Waals surface area contributed by atoms with Crippen LogP contribution in [-0.2, 0) is 0 Å². The third-order valence-electron chi connectivity index (χ3n) is 3.55. The molecule has 12 nitrogen and oxygen atoms in total. The molecule has 0 unspecified atom stereocenters. The van der Waals surface area contributed by atoms with E-state index in [0.29, 0.717) is 11.3 Å². The van der Waals surface area contributed by atoms with Crippen LogP contribution < -0.4 is 11.2 Å². The number of hydrazone groups is 1. The van der Waals surface area contributed by atoms with Crippen LogP contribution >= 0.6 is 0 Å². The molecule has 27 heavy (non-hydrogen) atoms. The molecule has 12 heteroatoms. The van der Waals surface area contributed by atoms with Crippen molar-refractivity contribution in [1.82, 2.24) is 30.7 Å². The summed E-state index contributed by atoms with van der Waals surface area (Å²) in [6, 6.07) is 3.97. The maximum Gasteiger partial charge on any atom is 0.293 e. The summed E-state index contributed by atoms with van der Waals surface area (Å²) in [5, 5.41) is 37.7. The minimum Gasteiger partial charge on any atom is -0.508 e. The van der Waals surface area contributed by atoms with Crippen LogP contribution in [0.1, 0.15) is 41.5 Å². The summed E-state index contributed by atoms with van der Waals surface area (Å²) in [6.07, 6.45) is 1.23. The lowest BCUT2D eigenvalue weighted by Crippen LogP contribution is -2.21. The van der Waals surface area contributed by atoms with Gasteiger partial charge in [-0.1, -0.05) is 19.1 Å². The fourth-order valence-corrected chi connectivity index (χ4v) is 2.32. The quantitative estimate of drug-likeness (QED) is 0.367. The van der Waals surface area contributed by atoms with Crippen LogP contribution in [0.3, 0.4) is 0 Å². The second-order valence-corrected chi connectivity index (χ2v) is 5.81. The Morgan fingerprint density at radius 2 is 2.15 bits per heavy atom. The van der Waals surface area contributed by atoms with E-state index >= 15 is 0 Å². The van der Waals surface area contributed by atoms with Crippen LogP contribution in [0.15, 0.2) is 27.9 Å². The van der Waals surface area contributed by atoms with E-state index in [0.717, 1.165) is 6.07 Å². The lowest BCUT2D eigenvalue weighted by atomic mass is 10.1. The molecule has 1 aromatic carbocycles. The van der Waals surface area contributed by atoms with Gasteiger partial charge < -0.3 is 15.9 Å². The molecule has 2 aromatic heterocycles. The van der Waals surface area contributed by atoms with Crippen LogP contribution in [0.5, 0.6) is 11.5 Å². The van der Waals surface area contributed by atoms with E-state index in [1.54, 1.807) is 0 Å². The number of nitrogen functional groups attached to an aromatic ring is 1. The number of phenols is 2. The molecule has 140 valence electrons. The maximum atomic E-state index is 12.4. The van der Waals surface area contributed by atoms with Gasteiger partial charge in [0.25, 0.3) is 5.91 Å². The standard InChI is InChI=1S/C15H16N8O4/c1-7(2)12-11(18-22-23(12)14-13(16)20-27-21-14)15(26)19-17-6-8-3-4-9(24)5-10(8)25/h3-7,24-25H,1-2H3,(H2,16,20)(H,19,26)/b17-6+. The number of nitrogens with zero attached hydrogens (tertiary/aromatic N) is 6. The predicted octanol–water partition coefficient (Wildman–Crippen LogP) is 0.531. The van der Waals surface area contributed by atoms with E-state index in [2.05, 4.69) is 35.8 Å². The number of carbonyl (C=O) groups is 1. The molecule has 1 amide bonds. The van der Waals surface area contributed by atoms with Crippen LogP contribution in [0.25, 0.3) is 5.82 Å². The zero-order valence-electron chi connectivity index (χ0n) is 14.4. The van der Waals surface area contributed by atoms with E-state index in [1.807, 2.05) is 13.8 Å². The zero-order valence-corrected chi connectivity index (χ0v) is 14.4. The minimum atomic E-state index is -0.616. The van der Waals surface area contributed by atoms with Crippen molar-refractivity contribution >= 4 is 17.9 Å². The number of benzene rings is 1. The van der Waals surface area contributed by atoms with Crippen molar-refractivity contribution in [2.45, 2.75) is 19.8 Å². The van der Waals surface area contributed by atoms with Crippen molar-refractivity contribution in [2.24, 2.45) is 5.10 Å². The Kier molecular flexibility index (Phi) is 4.70. The van der Waals surface area contributed by atoms with Crippen LogP contribution in [0.4, 0.5) is 5.82 Å². The van der Waals surface area contributed by atoms with E-state index in [9.17, 15) is 15.0 Å². The van der Waals surface area contributed by atoms with Crippen molar-refractivity contribution in [1.29, 1.82) is 0 Å². The third-order valence-corrected chi connectivity index (χ3v) is 3.55. The van der Waals surface area contributed by atoms with Crippen LogP contribution in [-0.4, -0.2) is 47.6 Å². The first-order chi connectivity index (χ1) is 12.9. The number of anilines is 1. The number of hydrogen-bond donors (Lipinski definition) is 4. The number of hydrogen-bond acceptors (Lipinski definition) is 10. The summed E-state index contributed by atoms with van der Waals surface area (Å²) in [5.41, 5.74) is 8.76. The van der Waals surface area contributed by atoms with Crippen LogP contribution in [0.2, 0.25) is 0 Å². The first kappa shape index (κ1) is 17.8. The van der Waals surface area contributed by atoms with Gasteiger partial charge in [0.1, 0.15) is 11.5 Å². The second-order valence-electron chi connectivity index (χ2n) is 5.81. The largest absolute Gasteiger partial charge is 0.508 e. The van der Waals surface area contributed by atoms with Gasteiger partial charge in [-0.3, -0.25) is 4.79 Å². The van der Waals surface area contributed by atoms with E-state index in [1.165, 1.54) is 23.0 Å². The van der Waals surface area contributed by atoms with Gasteiger partial charge in [0.05, 0.1) is 11.9 Å². The number of aromatic hydroxyl groups is 2. The molecule has 0 radical (unpaired) electrons. The highest BCUT2D eigenvalue weighted by atomic mass is 16.6. The van der Waals surface area contributed by atoms with Gasteiger partial charge in [-0.15, -0.1) is 5.10 Å². The number of amides is 1. The molecule has 0 bridgehead atoms. The topological polar surface area (TPSA) is 178 Å². The SMILES string of the molecule is CC(C)c1c(C(=O)N/N=C/c2ccc(O)cc2O)nnn1-c1nonc1N. The average Bonchev–Trinajstić information content (AvgIpc) is 3.22. The molecule has 0 spiro atoms. The smallest absolute Gasteiger partial charge is 0.293 e. The fraction of sp³-hybridized carbons (Fsp3) is 0.200. The Labute approximate surface area is 152 Å². The first-order valence-corrected chi connectivity index (χ1v) is 7.78. The molecule has 0 atom stereocenters. The zero-order chi connectivity index (χ0) is 19.6. The predicted molar refractivity (Wildman–Crippen MR) is 92.5 cm³/mol. The molecule has 0 aliphatic rings. The lowest BCUT2D eigenvalue weighted by molar-refractivity contribution is 0.0948. The van der Waals surface area contributed by atoms with Gasteiger partial charge in [0.15, 0.2) is 5.69 Å². The van der Waals surface area contributed by atoms with Crippen molar-refractivity contribution in [3.8, 4) is 17.3 Å². The molecule has 3 rings (SSSR count). The molecule has 3 aromatic rings. The lowest BCUT2D eigenvalue weighted by Gasteiger charge is -2.08. The maximum absolute atomic E-state index is 12.4. The van der Waals surface area contributed by atoms with Crippen molar-refractivity contribution in [3.05, 3.63) is 35.2 Å². The Morgan fingerprint density at radius 1 is 1.37 bits per heavy atom. The van der Waals surface area contributed by atoms with Gasteiger partial charge in [-0.2, -0.15) is 9.78 Å². The monoisotopic (exact) mass is 372 g/mol. The van der Waals surface area contributed by atoms with Crippen molar-refractivity contribution in [3.63, 3.8) is 0 Å². The molecular formula is C15H16N8O4. The Bertz CT molecular complexity index is 1010. The molecule has 0 aliphatic carbocycles. The van der Waals surface area contributed by atoms with Gasteiger partial charge in [-0.25, -0.2) is 10.1 Å². The normalized spacial score (nSPS) is 11.4. The summed E-state index contributed by atoms with van der Waals surface area (Å²) in [5.74, 6) is -0.905. The molecule has 0 saturated carbocycles. The van der Waals surface area contributed by atoms with Crippen molar-refractivity contribution < 1.29 is 19.6 Å². The highest BCUT2D eigenvalue weighted by molar-refractivity contribution is 5.94. The summed E-state index contributed by atoms with van der Waals surface area (Å²) in [4.78, 5) is 12.4. The van der Waals surface area contributed by atoms with Gasteiger partial charge in [-0.05, 0) is 28.4 Å². The Balaban J connectivity index is 1.84. The second kappa shape index (κ2) is 7.11. The van der Waals surface area contributed by atoms with Crippen LogP contribution in [0, 0.1) is 0 Å². The summed E-state index contributed by atoms with van der Waals surface area (Å²) < 4.78 is 5.84. The molecule has 0 fully saturated rings. The Hall–Kier alpha value is -3.96. The Morgan fingerprint density at radius 3 is 2.78 bits per heavy atom. The van der Waals surface area contributed by atoms with Gasteiger partial charge >= 0.3 is 0 Å². The number of phenolic OH excluding ortho intramolecular Hbond substituents is 2. The number of rotatable bonds is 5. The average molecular weight is 372 g/mol.